The number of halogens is 2. The van der Waals surface area contributed by atoms with Crippen LogP contribution in [0.1, 0.15) is 18.9 Å². The number of ether oxygens (including phenoxy) is 1. The van der Waals surface area contributed by atoms with Crippen molar-refractivity contribution < 1.29 is 4.74 Å². The first-order valence-corrected chi connectivity index (χ1v) is 10.5. The summed E-state index contributed by atoms with van der Waals surface area (Å²) in [6.45, 7) is 3.56. The molecule has 0 spiro atoms. The summed E-state index contributed by atoms with van der Waals surface area (Å²) in [6, 6.07) is 21.9. The second-order valence-corrected chi connectivity index (χ2v) is 7.74. The molecule has 0 saturated heterocycles. The highest BCUT2D eigenvalue weighted by atomic mass is 35.5. The lowest BCUT2D eigenvalue weighted by atomic mass is 10.2. The van der Waals surface area contributed by atoms with Gasteiger partial charge in [0.25, 0.3) is 0 Å². The second-order valence-electron chi connectivity index (χ2n) is 6.90. The molecule has 4 aromatic rings. The number of benzene rings is 3. The third-order valence-corrected chi connectivity index (χ3v) is 5.50. The normalized spacial score (nSPS) is 11.1. The van der Waals surface area contributed by atoms with Crippen LogP contribution in [0, 0.1) is 0 Å². The van der Waals surface area contributed by atoms with Gasteiger partial charge >= 0.3 is 0 Å². The van der Waals surface area contributed by atoms with Gasteiger partial charge in [-0.25, -0.2) is 4.98 Å². The van der Waals surface area contributed by atoms with Gasteiger partial charge in [0.15, 0.2) is 0 Å². The fraction of sp³-hybridized carbons (Fsp3) is 0.208. The molecule has 29 heavy (non-hydrogen) atoms. The minimum Gasteiger partial charge on any atom is -0.494 e. The fourth-order valence-electron chi connectivity index (χ4n) is 3.41. The van der Waals surface area contributed by atoms with Crippen molar-refractivity contribution in [1.29, 1.82) is 0 Å². The number of aryl methyl sites for hydroxylation is 2. The third kappa shape index (κ3) is 4.42. The molecule has 0 aliphatic heterocycles. The van der Waals surface area contributed by atoms with E-state index in [9.17, 15) is 0 Å². The number of aromatic nitrogens is 2. The van der Waals surface area contributed by atoms with Gasteiger partial charge in [-0.2, -0.15) is 0 Å². The van der Waals surface area contributed by atoms with Crippen molar-refractivity contribution in [2.24, 2.45) is 0 Å². The quantitative estimate of drug-likeness (QED) is 0.297. The number of para-hydroxylation sites is 2. The van der Waals surface area contributed by atoms with Gasteiger partial charge in [-0.1, -0.05) is 54.4 Å². The van der Waals surface area contributed by atoms with Gasteiger partial charge in [-0.05, 0) is 60.9 Å². The van der Waals surface area contributed by atoms with E-state index in [0.29, 0.717) is 16.7 Å². The molecular weight excluding hydrogens is 403 g/mol. The molecule has 0 unspecified atom stereocenters. The average Bonchev–Trinajstić information content (AvgIpc) is 3.10. The highest BCUT2D eigenvalue weighted by molar-refractivity contribution is 6.36. The molecule has 3 aromatic carbocycles. The van der Waals surface area contributed by atoms with E-state index in [1.54, 1.807) is 6.07 Å². The maximum absolute atomic E-state index is 6.47. The summed E-state index contributed by atoms with van der Waals surface area (Å²) in [5.41, 5.74) is 4.22. The zero-order valence-electron chi connectivity index (χ0n) is 16.2. The first-order valence-electron chi connectivity index (χ1n) is 9.78. The average molecular weight is 425 g/mol. The Hall–Kier alpha value is -2.49. The van der Waals surface area contributed by atoms with Crippen LogP contribution in [0.15, 0.2) is 66.7 Å². The fourth-order valence-corrected chi connectivity index (χ4v) is 3.91. The molecule has 0 bridgehead atoms. The number of imidazole rings is 1. The molecule has 4 rings (SSSR count). The van der Waals surface area contributed by atoms with Crippen molar-refractivity contribution in [2.75, 3.05) is 6.61 Å². The Labute approximate surface area is 180 Å². The van der Waals surface area contributed by atoms with Gasteiger partial charge < -0.3 is 9.30 Å². The van der Waals surface area contributed by atoms with Gasteiger partial charge in [-0.3, -0.25) is 0 Å². The third-order valence-electron chi connectivity index (χ3n) is 4.95. The number of hydrogen-bond acceptors (Lipinski definition) is 2. The van der Waals surface area contributed by atoms with E-state index in [0.717, 1.165) is 47.6 Å². The van der Waals surface area contributed by atoms with Gasteiger partial charge in [-0.15, -0.1) is 0 Å². The summed E-state index contributed by atoms with van der Waals surface area (Å²) in [4.78, 5) is 4.82. The Bertz CT molecular complexity index is 1120. The lowest BCUT2D eigenvalue weighted by Gasteiger charge is -2.12. The first kappa shape index (κ1) is 19.8. The van der Waals surface area contributed by atoms with Crippen molar-refractivity contribution >= 4 is 34.2 Å². The zero-order chi connectivity index (χ0) is 20.2. The molecule has 3 nitrogen and oxygen atoms in total. The predicted molar refractivity (Wildman–Crippen MR) is 121 cm³/mol. The Morgan fingerprint density at radius 3 is 2.52 bits per heavy atom. The predicted octanol–water partition coefficient (Wildman–Crippen LogP) is 7.04. The molecule has 0 saturated carbocycles. The molecule has 0 radical (unpaired) electrons. The molecule has 1 aromatic heterocycles. The topological polar surface area (TPSA) is 27.1 Å². The molecular formula is C24H22Cl2N2O. The van der Waals surface area contributed by atoms with Crippen LogP contribution in [0.4, 0.5) is 0 Å². The monoisotopic (exact) mass is 424 g/mol. The summed E-state index contributed by atoms with van der Waals surface area (Å²) in [5, 5.41) is 1.21. The lowest BCUT2D eigenvalue weighted by molar-refractivity contribution is 0.303. The van der Waals surface area contributed by atoms with Gasteiger partial charge in [0.05, 0.1) is 22.7 Å². The number of fused-ring (bicyclic) bond motifs is 1. The zero-order valence-corrected chi connectivity index (χ0v) is 17.7. The van der Waals surface area contributed by atoms with E-state index in [1.165, 1.54) is 5.56 Å². The molecule has 0 aliphatic carbocycles. The summed E-state index contributed by atoms with van der Waals surface area (Å²) in [7, 11) is 0. The van der Waals surface area contributed by atoms with Crippen LogP contribution in [-0.4, -0.2) is 16.2 Å². The smallest absolute Gasteiger partial charge is 0.142 e. The Morgan fingerprint density at radius 2 is 1.76 bits per heavy atom. The van der Waals surface area contributed by atoms with Crippen molar-refractivity contribution in [3.8, 4) is 17.1 Å². The maximum Gasteiger partial charge on any atom is 0.142 e. The molecule has 0 fully saturated rings. The van der Waals surface area contributed by atoms with Crippen LogP contribution in [-0.2, 0) is 13.0 Å². The first-order chi connectivity index (χ1) is 14.2. The summed E-state index contributed by atoms with van der Waals surface area (Å²) in [6.07, 6.45) is 1.89. The van der Waals surface area contributed by atoms with E-state index in [-0.39, 0.29) is 0 Å². The molecule has 1 heterocycles. The highest BCUT2D eigenvalue weighted by Crippen LogP contribution is 2.32. The van der Waals surface area contributed by atoms with Gasteiger partial charge in [0, 0.05) is 17.1 Å². The number of hydrogen-bond donors (Lipinski definition) is 0. The van der Waals surface area contributed by atoms with Crippen molar-refractivity contribution in [3.63, 3.8) is 0 Å². The van der Waals surface area contributed by atoms with Gasteiger partial charge in [0.1, 0.15) is 11.6 Å². The number of nitrogens with zero attached hydrogens (tertiary/aromatic N) is 2. The van der Waals surface area contributed by atoms with Crippen molar-refractivity contribution in [2.45, 2.75) is 26.3 Å². The molecule has 0 amide bonds. The van der Waals surface area contributed by atoms with Crippen LogP contribution in [0.2, 0.25) is 10.0 Å². The largest absolute Gasteiger partial charge is 0.494 e. The SMILES string of the molecule is CCc1ccc(OCCCn2c(-c3ccc(Cl)cc3Cl)nc3ccccc32)cc1. The Balaban J connectivity index is 1.54. The van der Waals surface area contributed by atoms with E-state index in [1.807, 2.05) is 42.5 Å². The van der Waals surface area contributed by atoms with Gasteiger partial charge in [0.2, 0.25) is 0 Å². The van der Waals surface area contributed by atoms with E-state index >= 15 is 0 Å². The Kier molecular flexibility index (Phi) is 6.08. The summed E-state index contributed by atoms with van der Waals surface area (Å²) in [5.74, 6) is 1.75. The molecule has 5 heteroatoms. The van der Waals surface area contributed by atoms with Crippen molar-refractivity contribution in [3.05, 3.63) is 82.3 Å². The van der Waals surface area contributed by atoms with E-state index < -0.39 is 0 Å². The lowest BCUT2D eigenvalue weighted by Crippen LogP contribution is -2.06. The van der Waals surface area contributed by atoms with Crippen molar-refractivity contribution in [1.82, 2.24) is 9.55 Å². The minimum absolute atomic E-state index is 0.598. The van der Waals surface area contributed by atoms with E-state index in [4.69, 9.17) is 32.9 Å². The highest BCUT2D eigenvalue weighted by Gasteiger charge is 2.15. The Morgan fingerprint density at radius 1 is 0.966 bits per heavy atom. The van der Waals surface area contributed by atoms with Crippen LogP contribution in [0.3, 0.4) is 0 Å². The summed E-state index contributed by atoms with van der Waals surface area (Å²) < 4.78 is 8.13. The molecule has 0 aliphatic rings. The van der Waals surface area contributed by atoms with Crippen LogP contribution in [0.25, 0.3) is 22.4 Å². The maximum atomic E-state index is 6.47. The van der Waals surface area contributed by atoms with Crippen LogP contribution < -0.4 is 4.74 Å². The van der Waals surface area contributed by atoms with Crippen LogP contribution >= 0.6 is 23.2 Å². The second kappa shape index (κ2) is 8.89. The molecule has 148 valence electrons. The minimum atomic E-state index is 0.598. The summed E-state index contributed by atoms with van der Waals surface area (Å²) >= 11 is 12.5. The standard InChI is InChI=1S/C24H22Cl2N2O/c1-2-17-8-11-19(12-9-17)29-15-5-14-28-23-7-4-3-6-22(23)27-24(28)20-13-10-18(25)16-21(20)26/h3-4,6-13,16H,2,5,14-15H2,1H3. The van der Waals surface area contributed by atoms with E-state index in [2.05, 4.69) is 29.7 Å². The molecule has 0 N–H and O–H groups in total. The number of rotatable bonds is 7. The molecule has 0 atom stereocenters. The van der Waals surface area contributed by atoms with Crippen LogP contribution in [0.5, 0.6) is 5.75 Å².